The van der Waals surface area contributed by atoms with Gasteiger partial charge in [0.25, 0.3) is 5.91 Å². The van der Waals surface area contributed by atoms with Crippen molar-refractivity contribution in [1.29, 1.82) is 0 Å². The molecule has 1 heterocycles. The molecule has 2 aromatic rings. The SMILES string of the molecule is CCC(=O)C1=C(O)C(=O)N(c2cccc(OC)c2)C1c1ccc(C(C)(C)C)cc1. The molecule has 0 spiro atoms. The number of benzene rings is 2. The second-order valence-corrected chi connectivity index (χ2v) is 8.19. The minimum atomic E-state index is -0.684. The van der Waals surface area contributed by atoms with Crippen LogP contribution in [0, 0.1) is 0 Å². The minimum absolute atomic E-state index is 0.0173. The number of aliphatic hydroxyl groups is 1. The zero-order chi connectivity index (χ0) is 21.3. The molecule has 0 aliphatic carbocycles. The quantitative estimate of drug-likeness (QED) is 0.787. The van der Waals surface area contributed by atoms with E-state index in [4.69, 9.17) is 4.74 Å². The maximum Gasteiger partial charge on any atom is 0.294 e. The van der Waals surface area contributed by atoms with Crippen molar-refractivity contribution in [3.05, 3.63) is 71.0 Å². The Morgan fingerprint density at radius 3 is 2.34 bits per heavy atom. The second kappa shape index (κ2) is 7.74. The first-order valence-electron chi connectivity index (χ1n) is 9.73. The van der Waals surface area contributed by atoms with Gasteiger partial charge in [-0.1, -0.05) is 58.0 Å². The van der Waals surface area contributed by atoms with Gasteiger partial charge in [0.2, 0.25) is 0 Å². The Hall–Kier alpha value is -3.08. The highest BCUT2D eigenvalue weighted by Crippen LogP contribution is 2.42. The number of ether oxygens (including phenoxy) is 1. The van der Waals surface area contributed by atoms with Crippen LogP contribution in [0.15, 0.2) is 59.9 Å². The Bertz CT molecular complexity index is 967. The third-order valence-electron chi connectivity index (χ3n) is 5.25. The van der Waals surface area contributed by atoms with E-state index in [2.05, 4.69) is 20.8 Å². The highest BCUT2D eigenvalue weighted by Gasteiger charge is 2.43. The number of anilines is 1. The number of rotatable bonds is 5. The normalized spacial score (nSPS) is 17.1. The van der Waals surface area contributed by atoms with Crippen molar-refractivity contribution >= 4 is 17.4 Å². The van der Waals surface area contributed by atoms with Gasteiger partial charge in [-0.3, -0.25) is 14.5 Å². The summed E-state index contributed by atoms with van der Waals surface area (Å²) in [6, 6.07) is 14.2. The molecule has 1 aliphatic rings. The van der Waals surface area contributed by atoms with Crippen LogP contribution in [-0.2, 0) is 15.0 Å². The fourth-order valence-electron chi connectivity index (χ4n) is 3.59. The fourth-order valence-corrected chi connectivity index (χ4v) is 3.59. The molecule has 1 N–H and O–H groups in total. The van der Waals surface area contributed by atoms with Crippen LogP contribution in [0.3, 0.4) is 0 Å². The number of carbonyl (C=O) groups is 2. The van der Waals surface area contributed by atoms with E-state index in [1.54, 1.807) is 38.3 Å². The molecule has 0 saturated carbocycles. The number of Topliss-reactive ketones (excluding diaryl/α,β-unsaturated/α-hetero) is 1. The lowest BCUT2D eigenvalue weighted by Crippen LogP contribution is -2.31. The summed E-state index contributed by atoms with van der Waals surface area (Å²) in [7, 11) is 1.55. The van der Waals surface area contributed by atoms with Crippen LogP contribution in [0.4, 0.5) is 5.69 Å². The number of nitrogens with zero attached hydrogens (tertiary/aromatic N) is 1. The summed E-state index contributed by atoms with van der Waals surface area (Å²) in [4.78, 5) is 27.1. The molecular weight excluding hydrogens is 366 g/mol. The molecule has 0 saturated heterocycles. The molecule has 1 unspecified atom stereocenters. The molecule has 1 aliphatic heterocycles. The van der Waals surface area contributed by atoms with E-state index in [0.717, 1.165) is 11.1 Å². The Labute approximate surface area is 171 Å². The van der Waals surface area contributed by atoms with Gasteiger partial charge in [0.1, 0.15) is 5.75 Å². The zero-order valence-corrected chi connectivity index (χ0v) is 17.5. The molecular formula is C24H27NO4. The number of methoxy groups -OCH3 is 1. The summed E-state index contributed by atoms with van der Waals surface area (Å²) in [6.07, 6.45) is 0.204. The van der Waals surface area contributed by atoms with Crippen molar-refractivity contribution in [3.8, 4) is 5.75 Å². The van der Waals surface area contributed by atoms with Gasteiger partial charge in [-0.2, -0.15) is 0 Å². The number of ketones is 1. The Kier molecular flexibility index (Phi) is 5.51. The van der Waals surface area contributed by atoms with Gasteiger partial charge < -0.3 is 9.84 Å². The average molecular weight is 393 g/mol. The number of carbonyl (C=O) groups excluding carboxylic acids is 2. The summed E-state index contributed by atoms with van der Waals surface area (Å²) in [6.45, 7) is 8.10. The molecule has 0 aromatic heterocycles. The molecule has 1 amide bonds. The van der Waals surface area contributed by atoms with Crippen LogP contribution in [0.1, 0.15) is 51.3 Å². The number of amides is 1. The summed E-state index contributed by atoms with van der Waals surface area (Å²) in [5, 5.41) is 10.6. The molecule has 0 fully saturated rings. The predicted octanol–water partition coefficient (Wildman–Crippen LogP) is 4.87. The average Bonchev–Trinajstić information content (AvgIpc) is 2.98. The maximum absolute atomic E-state index is 13.0. The molecule has 5 heteroatoms. The predicted molar refractivity (Wildman–Crippen MR) is 113 cm³/mol. The van der Waals surface area contributed by atoms with E-state index in [-0.39, 0.29) is 23.2 Å². The zero-order valence-electron chi connectivity index (χ0n) is 17.5. The van der Waals surface area contributed by atoms with Crippen LogP contribution in [0.25, 0.3) is 0 Å². The summed E-state index contributed by atoms with van der Waals surface area (Å²) < 4.78 is 5.29. The fraction of sp³-hybridized carbons (Fsp3) is 0.333. The summed E-state index contributed by atoms with van der Waals surface area (Å²) >= 11 is 0. The Morgan fingerprint density at radius 2 is 1.79 bits per heavy atom. The van der Waals surface area contributed by atoms with Gasteiger partial charge >= 0.3 is 0 Å². The van der Waals surface area contributed by atoms with Crippen molar-refractivity contribution in [2.75, 3.05) is 12.0 Å². The lowest BCUT2D eigenvalue weighted by Gasteiger charge is -2.28. The standard InChI is InChI=1S/C24H27NO4/c1-6-19(26)20-21(15-10-12-16(13-11-15)24(2,3)4)25(23(28)22(20)27)17-8-7-9-18(14-17)29-5/h7-14,21,27H,6H2,1-5H3. The Balaban J connectivity index is 2.15. The first-order chi connectivity index (χ1) is 13.7. The molecule has 152 valence electrons. The van der Waals surface area contributed by atoms with E-state index in [1.165, 1.54) is 4.90 Å². The van der Waals surface area contributed by atoms with Crippen molar-refractivity contribution in [1.82, 2.24) is 0 Å². The van der Waals surface area contributed by atoms with Crippen LogP contribution < -0.4 is 9.64 Å². The van der Waals surface area contributed by atoms with Crippen LogP contribution in [0.5, 0.6) is 5.75 Å². The highest BCUT2D eigenvalue weighted by molar-refractivity contribution is 6.16. The van der Waals surface area contributed by atoms with E-state index < -0.39 is 17.7 Å². The van der Waals surface area contributed by atoms with Crippen molar-refractivity contribution in [2.24, 2.45) is 0 Å². The lowest BCUT2D eigenvalue weighted by atomic mass is 9.85. The molecule has 29 heavy (non-hydrogen) atoms. The lowest BCUT2D eigenvalue weighted by molar-refractivity contribution is -0.118. The summed E-state index contributed by atoms with van der Waals surface area (Å²) in [5.41, 5.74) is 2.61. The van der Waals surface area contributed by atoms with E-state index in [9.17, 15) is 14.7 Å². The second-order valence-electron chi connectivity index (χ2n) is 8.19. The smallest absolute Gasteiger partial charge is 0.294 e. The van der Waals surface area contributed by atoms with Gasteiger partial charge in [0.15, 0.2) is 11.5 Å². The molecule has 1 atom stereocenters. The third-order valence-corrected chi connectivity index (χ3v) is 5.25. The van der Waals surface area contributed by atoms with Gasteiger partial charge in [-0.25, -0.2) is 0 Å². The highest BCUT2D eigenvalue weighted by atomic mass is 16.5. The van der Waals surface area contributed by atoms with Crippen molar-refractivity contribution < 1.29 is 19.4 Å². The third kappa shape index (κ3) is 3.77. The number of hydrogen-bond donors (Lipinski definition) is 1. The van der Waals surface area contributed by atoms with Crippen LogP contribution >= 0.6 is 0 Å². The van der Waals surface area contributed by atoms with Crippen molar-refractivity contribution in [2.45, 2.75) is 45.6 Å². The largest absolute Gasteiger partial charge is 0.503 e. The van der Waals surface area contributed by atoms with Crippen molar-refractivity contribution in [3.63, 3.8) is 0 Å². The Morgan fingerprint density at radius 1 is 1.14 bits per heavy atom. The maximum atomic E-state index is 13.0. The van der Waals surface area contributed by atoms with Gasteiger partial charge in [0.05, 0.1) is 18.7 Å². The van der Waals surface area contributed by atoms with Gasteiger partial charge in [-0.05, 0) is 28.7 Å². The molecule has 2 aromatic carbocycles. The first-order valence-corrected chi connectivity index (χ1v) is 9.73. The molecule has 0 radical (unpaired) electrons. The van der Waals surface area contributed by atoms with Gasteiger partial charge in [0, 0.05) is 18.2 Å². The molecule has 5 nitrogen and oxygen atoms in total. The minimum Gasteiger partial charge on any atom is -0.503 e. The van der Waals surface area contributed by atoms with E-state index in [0.29, 0.717) is 11.4 Å². The topological polar surface area (TPSA) is 66.8 Å². The van der Waals surface area contributed by atoms with Crippen LogP contribution in [-0.4, -0.2) is 23.9 Å². The van der Waals surface area contributed by atoms with E-state index in [1.807, 2.05) is 24.3 Å². The summed E-state index contributed by atoms with van der Waals surface area (Å²) in [5.74, 6) is -0.720. The monoisotopic (exact) mass is 393 g/mol. The number of aliphatic hydroxyl groups excluding tert-OH is 1. The first kappa shape index (κ1) is 20.6. The van der Waals surface area contributed by atoms with E-state index >= 15 is 0 Å². The molecule has 0 bridgehead atoms. The van der Waals surface area contributed by atoms with Gasteiger partial charge in [-0.15, -0.1) is 0 Å². The molecule has 3 rings (SSSR count). The van der Waals surface area contributed by atoms with Crippen LogP contribution in [0.2, 0.25) is 0 Å². The number of hydrogen-bond acceptors (Lipinski definition) is 4.